The van der Waals surface area contributed by atoms with Gasteiger partial charge in [-0.3, -0.25) is 4.99 Å². The lowest BCUT2D eigenvalue weighted by molar-refractivity contribution is 0.306. The fourth-order valence-electron chi connectivity index (χ4n) is 2.10. The zero-order valence-electron chi connectivity index (χ0n) is 12.5. The number of para-hydroxylation sites is 1. The average molecular weight is 366 g/mol. The average Bonchev–Trinajstić information content (AvgIpc) is 2.61. The van der Waals surface area contributed by atoms with Gasteiger partial charge in [0.15, 0.2) is 0 Å². The standard InChI is InChI=1S/C20H16BrNO/c21-18-11-9-16(10-12-18)15-23-20-8-4-5-17(13-20)14-22-19-6-2-1-3-7-19/h1-14H,15H2. The zero-order chi connectivity index (χ0) is 15.9. The number of ether oxygens (including phenoxy) is 1. The number of aliphatic imine (C=N–C) groups is 1. The third-order valence-corrected chi connectivity index (χ3v) is 3.82. The van der Waals surface area contributed by atoms with Crippen LogP contribution in [0.5, 0.6) is 5.75 Å². The van der Waals surface area contributed by atoms with Gasteiger partial charge in [0.2, 0.25) is 0 Å². The number of hydrogen-bond donors (Lipinski definition) is 0. The van der Waals surface area contributed by atoms with E-state index in [4.69, 9.17) is 4.74 Å². The van der Waals surface area contributed by atoms with Crippen molar-refractivity contribution in [3.63, 3.8) is 0 Å². The summed E-state index contributed by atoms with van der Waals surface area (Å²) in [6.07, 6.45) is 1.85. The molecule has 3 aromatic carbocycles. The molecule has 0 atom stereocenters. The van der Waals surface area contributed by atoms with E-state index < -0.39 is 0 Å². The van der Waals surface area contributed by atoms with Crippen molar-refractivity contribution in [2.24, 2.45) is 4.99 Å². The maximum Gasteiger partial charge on any atom is 0.120 e. The van der Waals surface area contributed by atoms with Crippen molar-refractivity contribution < 1.29 is 4.74 Å². The van der Waals surface area contributed by atoms with Crippen molar-refractivity contribution in [2.45, 2.75) is 6.61 Å². The van der Waals surface area contributed by atoms with Crippen LogP contribution in [0.25, 0.3) is 0 Å². The first-order valence-electron chi connectivity index (χ1n) is 7.36. The van der Waals surface area contributed by atoms with E-state index in [2.05, 4.69) is 20.9 Å². The summed E-state index contributed by atoms with van der Waals surface area (Å²) in [6.45, 7) is 0.548. The highest BCUT2D eigenvalue weighted by molar-refractivity contribution is 9.10. The van der Waals surface area contributed by atoms with Crippen molar-refractivity contribution in [3.8, 4) is 5.75 Å². The minimum absolute atomic E-state index is 0.548. The highest BCUT2D eigenvalue weighted by Gasteiger charge is 1.98. The summed E-state index contributed by atoms with van der Waals surface area (Å²) >= 11 is 3.43. The maximum absolute atomic E-state index is 5.85. The Morgan fingerprint density at radius 1 is 0.870 bits per heavy atom. The topological polar surface area (TPSA) is 21.6 Å². The lowest BCUT2D eigenvalue weighted by Gasteiger charge is -2.07. The van der Waals surface area contributed by atoms with Gasteiger partial charge < -0.3 is 4.74 Å². The molecular weight excluding hydrogens is 350 g/mol. The van der Waals surface area contributed by atoms with Crippen LogP contribution in [0.3, 0.4) is 0 Å². The fraction of sp³-hybridized carbons (Fsp3) is 0.0500. The maximum atomic E-state index is 5.85. The molecule has 2 nitrogen and oxygen atoms in total. The Morgan fingerprint density at radius 3 is 2.43 bits per heavy atom. The molecule has 0 unspecified atom stereocenters. The first-order chi connectivity index (χ1) is 11.3. The van der Waals surface area contributed by atoms with Crippen LogP contribution in [0, 0.1) is 0 Å². The molecule has 0 aliphatic rings. The molecule has 3 heteroatoms. The molecule has 0 radical (unpaired) electrons. The number of rotatable bonds is 5. The summed E-state index contributed by atoms with van der Waals surface area (Å²) in [7, 11) is 0. The van der Waals surface area contributed by atoms with Gasteiger partial charge in [-0.05, 0) is 47.5 Å². The third kappa shape index (κ3) is 4.80. The summed E-state index contributed by atoms with van der Waals surface area (Å²) < 4.78 is 6.92. The first-order valence-corrected chi connectivity index (χ1v) is 8.15. The van der Waals surface area contributed by atoms with Crippen molar-refractivity contribution in [3.05, 3.63) is 94.5 Å². The molecule has 0 bridgehead atoms. The second-order valence-electron chi connectivity index (χ2n) is 5.08. The molecule has 0 heterocycles. The van der Waals surface area contributed by atoms with Crippen LogP contribution in [-0.2, 0) is 6.61 Å². The molecule has 0 amide bonds. The van der Waals surface area contributed by atoms with Crippen LogP contribution in [0.4, 0.5) is 5.69 Å². The normalized spacial score (nSPS) is 10.8. The van der Waals surface area contributed by atoms with E-state index >= 15 is 0 Å². The van der Waals surface area contributed by atoms with Gasteiger partial charge in [0.05, 0.1) is 5.69 Å². The van der Waals surface area contributed by atoms with Crippen LogP contribution in [0.2, 0.25) is 0 Å². The second-order valence-corrected chi connectivity index (χ2v) is 6.00. The van der Waals surface area contributed by atoms with E-state index in [9.17, 15) is 0 Å². The van der Waals surface area contributed by atoms with Crippen molar-refractivity contribution in [2.75, 3.05) is 0 Å². The van der Waals surface area contributed by atoms with Gasteiger partial charge in [0.25, 0.3) is 0 Å². The lowest BCUT2D eigenvalue weighted by atomic mass is 10.2. The summed E-state index contributed by atoms with van der Waals surface area (Å²) in [5, 5.41) is 0. The van der Waals surface area contributed by atoms with Crippen LogP contribution in [0.15, 0.2) is 88.3 Å². The van der Waals surface area contributed by atoms with Crippen molar-refractivity contribution in [1.82, 2.24) is 0 Å². The van der Waals surface area contributed by atoms with Crippen LogP contribution in [0.1, 0.15) is 11.1 Å². The van der Waals surface area contributed by atoms with Crippen molar-refractivity contribution in [1.29, 1.82) is 0 Å². The van der Waals surface area contributed by atoms with E-state index in [1.54, 1.807) is 0 Å². The van der Waals surface area contributed by atoms with Crippen LogP contribution in [-0.4, -0.2) is 6.21 Å². The Bertz CT molecular complexity index is 782. The Labute approximate surface area is 144 Å². The molecule has 114 valence electrons. The Balaban J connectivity index is 1.65. The summed E-state index contributed by atoms with van der Waals surface area (Å²) in [4.78, 5) is 4.46. The Kier molecular flexibility index (Phi) is 5.22. The highest BCUT2D eigenvalue weighted by Crippen LogP contribution is 2.17. The van der Waals surface area contributed by atoms with E-state index in [0.717, 1.165) is 27.0 Å². The third-order valence-electron chi connectivity index (χ3n) is 3.30. The smallest absolute Gasteiger partial charge is 0.120 e. The van der Waals surface area contributed by atoms with E-state index in [1.165, 1.54) is 0 Å². The minimum Gasteiger partial charge on any atom is -0.489 e. The monoisotopic (exact) mass is 365 g/mol. The number of halogens is 1. The number of benzene rings is 3. The summed E-state index contributed by atoms with van der Waals surface area (Å²) in [5.74, 6) is 0.838. The zero-order valence-corrected chi connectivity index (χ0v) is 14.1. The lowest BCUT2D eigenvalue weighted by Crippen LogP contribution is -1.95. The molecule has 0 spiro atoms. The number of nitrogens with zero attached hydrogens (tertiary/aromatic N) is 1. The molecule has 3 aromatic rings. The predicted octanol–water partition coefficient (Wildman–Crippen LogP) is 5.78. The van der Waals surface area contributed by atoms with E-state index in [1.807, 2.05) is 85.1 Å². The molecule has 23 heavy (non-hydrogen) atoms. The Hall–Kier alpha value is -2.39. The van der Waals surface area contributed by atoms with Gasteiger partial charge in [-0.15, -0.1) is 0 Å². The van der Waals surface area contributed by atoms with Crippen molar-refractivity contribution >= 4 is 27.8 Å². The quantitative estimate of drug-likeness (QED) is 0.525. The summed E-state index contributed by atoms with van der Waals surface area (Å²) in [6, 6.07) is 25.9. The van der Waals surface area contributed by atoms with Gasteiger partial charge in [-0.2, -0.15) is 0 Å². The predicted molar refractivity (Wildman–Crippen MR) is 98.6 cm³/mol. The van der Waals surface area contributed by atoms with Gasteiger partial charge in [-0.25, -0.2) is 0 Å². The van der Waals surface area contributed by atoms with Gasteiger partial charge in [0.1, 0.15) is 12.4 Å². The highest BCUT2D eigenvalue weighted by atomic mass is 79.9. The largest absolute Gasteiger partial charge is 0.489 e. The molecule has 0 aliphatic heterocycles. The summed E-state index contributed by atoms with van der Waals surface area (Å²) in [5.41, 5.74) is 3.09. The molecule has 3 rings (SSSR count). The van der Waals surface area contributed by atoms with Crippen LogP contribution < -0.4 is 4.74 Å². The van der Waals surface area contributed by atoms with Gasteiger partial charge >= 0.3 is 0 Å². The molecule has 0 N–H and O–H groups in total. The van der Waals surface area contributed by atoms with Gasteiger partial charge in [-0.1, -0.05) is 58.4 Å². The van der Waals surface area contributed by atoms with Gasteiger partial charge in [0, 0.05) is 10.7 Å². The van der Waals surface area contributed by atoms with E-state index in [0.29, 0.717) is 6.61 Å². The first kappa shape index (κ1) is 15.5. The molecule has 0 saturated heterocycles. The number of hydrogen-bond acceptors (Lipinski definition) is 2. The Morgan fingerprint density at radius 2 is 1.65 bits per heavy atom. The van der Waals surface area contributed by atoms with E-state index in [-0.39, 0.29) is 0 Å². The fourth-order valence-corrected chi connectivity index (χ4v) is 2.36. The molecular formula is C20H16BrNO. The second kappa shape index (κ2) is 7.75. The molecule has 0 fully saturated rings. The molecule has 0 aromatic heterocycles. The SMILES string of the molecule is Brc1ccc(COc2cccc(C=Nc3ccccc3)c2)cc1. The molecule has 0 aliphatic carbocycles. The van der Waals surface area contributed by atoms with Crippen LogP contribution >= 0.6 is 15.9 Å². The minimum atomic E-state index is 0.548. The molecule has 0 saturated carbocycles.